The summed E-state index contributed by atoms with van der Waals surface area (Å²) in [7, 11) is -0.790. The van der Waals surface area contributed by atoms with Crippen LogP contribution in [-0.4, -0.2) is 19.1 Å². The van der Waals surface area contributed by atoms with Gasteiger partial charge in [0.2, 0.25) is 0 Å². The number of aliphatic carboxylic acids is 1. The number of carbonyl (C=O) groups is 1. The topological polar surface area (TPSA) is 37.3 Å². The second-order valence-electron chi connectivity index (χ2n) is 10.9. The first kappa shape index (κ1) is 29.7. The highest BCUT2D eigenvalue weighted by Gasteiger charge is 2.11. The Balaban J connectivity index is 3.04. The number of hydrogen-bond donors (Lipinski definition) is 1. The third-order valence-corrected chi connectivity index (χ3v) is 8.17. The molecular formula is C27H56O2Si. The van der Waals surface area contributed by atoms with Crippen LogP contribution in [-0.2, 0) is 4.79 Å². The summed E-state index contributed by atoms with van der Waals surface area (Å²) in [6.07, 6.45) is 29.3. The molecule has 30 heavy (non-hydrogen) atoms. The van der Waals surface area contributed by atoms with Crippen molar-refractivity contribution in [2.24, 2.45) is 0 Å². The van der Waals surface area contributed by atoms with E-state index in [2.05, 4.69) is 19.6 Å². The van der Waals surface area contributed by atoms with Gasteiger partial charge in [-0.3, -0.25) is 4.79 Å². The lowest BCUT2D eigenvalue weighted by molar-refractivity contribution is -0.137. The first-order valence-corrected chi connectivity index (χ1v) is 17.3. The summed E-state index contributed by atoms with van der Waals surface area (Å²) in [6, 6.07) is 1.52. The van der Waals surface area contributed by atoms with Crippen molar-refractivity contribution in [1.29, 1.82) is 0 Å². The normalized spacial score (nSPS) is 11.8. The zero-order valence-corrected chi connectivity index (χ0v) is 22.1. The van der Waals surface area contributed by atoms with Gasteiger partial charge in [0, 0.05) is 14.5 Å². The van der Waals surface area contributed by atoms with Crippen molar-refractivity contribution >= 4 is 14.0 Å². The van der Waals surface area contributed by atoms with Crippen molar-refractivity contribution in [3.63, 3.8) is 0 Å². The maximum atomic E-state index is 10.4. The van der Waals surface area contributed by atoms with Crippen molar-refractivity contribution in [3.05, 3.63) is 0 Å². The molecule has 0 atom stereocenters. The van der Waals surface area contributed by atoms with E-state index >= 15 is 0 Å². The number of carboxylic acids is 1. The van der Waals surface area contributed by atoms with Gasteiger partial charge in [-0.05, 0) is 6.42 Å². The average Bonchev–Trinajstić information content (AvgIpc) is 2.67. The molecular weight excluding hydrogens is 384 g/mol. The molecule has 0 heterocycles. The van der Waals surface area contributed by atoms with E-state index in [4.69, 9.17) is 5.11 Å². The minimum absolute atomic E-state index is 0.346. The predicted molar refractivity (Wildman–Crippen MR) is 137 cm³/mol. The van der Waals surface area contributed by atoms with Crippen LogP contribution in [0.5, 0.6) is 0 Å². The molecule has 0 amide bonds. The van der Waals surface area contributed by atoms with E-state index in [0.717, 1.165) is 12.8 Å². The highest BCUT2D eigenvalue weighted by atomic mass is 28.3. The quantitative estimate of drug-likeness (QED) is 0.120. The molecule has 0 unspecified atom stereocenters. The molecule has 0 rings (SSSR count). The van der Waals surface area contributed by atoms with E-state index in [1.54, 1.807) is 0 Å². The molecule has 0 aromatic heterocycles. The van der Waals surface area contributed by atoms with Crippen LogP contribution in [0.15, 0.2) is 0 Å². The molecule has 0 aliphatic heterocycles. The Morgan fingerprint density at radius 1 is 0.467 bits per heavy atom. The van der Waals surface area contributed by atoms with Crippen molar-refractivity contribution in [2.45, 2.75) is 167 Å². The fraction of sp³-hybridized carbons (Fsp3) is 0.963. The largest absolute Gasteiger partial charge is 0.481 e. The van der Waals surface area contributed by atoms with Crippen LogP contribution in [0.4, 0.5) is 0 Å². The molecule has 2 nitrogen and oxygen atoms in total. The van der Waals surface area contributed by atoms with Crippen LogP contribution in [0, 0.1) is 0 Å². The zero-order valence-electron chi connectivity index (χ0n) is 21.1. The van der Waals surface area contributed by atoms with Gasteiger partial charge in [0.1, 0.15) is 0 Å². The van der Waals surface area contributed by atoms with Crippen molar-refractivity contribution in [2.75, 3.05) is 0 Å². The molecule has 0 fully saturated rings. The Kier molecular flexibility index (Phi) is 21.7. The minimum atomic E-state index is -0.790. The molecule has 0 aliphatic carbocycles. The Morgan fingerprint density at radius 2 is 0.700 bits per heavy atom. The number of hydrogen-bond acceptors (Lipinski definition) is 1. The maximum absolute atomic E-state index is 10.4. The van der Waals surface area contributed by atoms with E-state index in [1.807, 2.05) is 0 Å². The molecule has 0 aromatic rings. The van der Waals surface area contributed by atoms with E-state index in [1.165, 1.54) is 128 Å². The van der Waals surface area contributed by atoms with Gasteiger partial charge in [-0.2, -0.15) is 0 Å². The summed E-state index contributed by atoms with van der Waals surface area (Å²) in [5.74, 6) is -0.649. The van der Waals surface area contributed by atoms with Crippen LogP contribution in [0.25, 0.3) is 0 Å². The van der Waals surface area contributed by atoms with E-state index in [-0.39, 0.29) is 0 Å². The molecule has 0 aliphatic rings. The monoisotopic (exact) mass is 440 g/mol. The Labute approximate surface area is 191 Å². The molecule has 0 spiro atoms. The van der Waals surface area contributed by atoms with Gasteiger partial charge in [0.05, 0.1) is 0 Å². The van der Waals surface area contributed by atoms with E-state index < -0.39 is 14.0 Å². The Morgan fingerprint density at radius 3 is 0.933 bits per heavy atom. The Bertz CT molecular complexity index is 362. The van der Waals surface area contributed by atoms with Crippen LogP contribution >= 0.6 is 0 Å². The summed E-state index contributed by atoms with van der Waals surface area (Å²) in [5, 5.41) is 8.60. The molecule has 0 saturated heterocycles. The van der Waals surface area contributed by atoms with Gasteiger partial charge in [-0.1, -0.05) is 154 Å². The predicted octanol–water partition coefficient (Wildman–Crippen LogP) is 9.99. The molecule has 1 N–H and O–H groups in total. The molecule has 0 radical (unpaired) electrons. The van der Waals surface area contributed by atoms with Crippen LogP contribution < -0.4 is 0 Å². The van der Waals surface area contributed by atoms with Gasteiger partial charge in [0.25, 0.3) is 0 Å². The number of rotatable bonds is 24. The third-order valence-electron chi connectivity index (χ3n) is 6.32. The van der Waals surface area contributed by atoms with Crippen LogP contribution in [0.1, 0.15) is 141 Å². The SMILES string of the molecule is C[Si](C)(C)CCCCCCCCCCCCCCCCCCCCCCCC(=O)O. The summed E-state index contributed by atoms with van der Waals surface area (Å²) in [6.45, 7) is 7.48. The van der Waals surface area contributed by atoms with Gasteiger partial charge in [-0.15, -0.1) is 0 Å². The molecule has 0 bridgehead atoms. The number of carboxylic acid groups (broad SMARTS) is 1. The van der Waals surface area contributed by atoms with Crippen molar-refractivity contribution in [3.8, 4) is 0 Å². The number of unbranched alkanes of at least 4 members (excludes halogenated alkanes) is 20. The Hall–Kier alpha value is -0.313. The lowest BCUT2D eigenvalue weighted by Crippen LogP contribution is -2.18. The lowest BCUT2D eigenvalue weighted by Gasteiger charge is -2.14. The summed E-state index contributed by atoms with van der Waals surface area (Å²) < 4.78 is 0. The first-order valence-electron chi connectivity index (χ1n) is 13.6. The van der Waals surface area contributed by atoms with Crippen molar-refractivity contribution < 1.29 is 9.90 Å². The fourth-order valence-corrected chi connectivity index (χ4v) is 5.60. The van der Waals surface area contributed by atoms with Gasteiger partial charge in [-0.25, -0.2) is 0 Å². The highest BCUT2D eigenvalue weighted by Crippen LogP contribution is 2.17. The maximum Gasteiger partial charge on any atom is 0.303 e. The van der Waals surface area contributed by atoms with Gasteiger partial charge >= 0.3 is 5.97 Å². The molecule has 3 heteroatoms. The molecule has 0 aromatic carbocycles. The lowest BCUT2D eigenvalue weighted by atomic mass is 10.0. The van der Waals surface area contributed by atoms with E-state index in [9.17, 15) is 4.79 Å². The van der Waals surface area contributed by atoms with Crippen LogP contribution in [0.3, 0.4) is 0 Å². The second-order valence-corrected chi connectivity index (χ2v) is 16.5. The van der Waals surface area contributed by atoms with Crippen LogP contribution in [0.2, 0.25) is 25.7 Å². The van der Waals surface area contributed by atoms with Gasteiger partial charge < -0.3 is 5.11 Å². The van der Waals surface area contributed by atoms with Gasteiger partial charge in [0.15, 0.2) is 0 Å². The van der Waals surface area contributed by atoms with E-state index in [0.29, 0.717) is 6.42 Å². The highest BCUT2D eigenvalue weighted by molar-refractivity contribution is 6.76. The average molecular weight is 441 g/mol. The molecule has 0 saturated carbocycles. The smallest absolute Gasteiger partial charge is 0.303 e. The van der Waals surface area contributed by atoms with Crippen molar-refractivity contribution in [1.82, 2.24) is 0 Å². The molecule has 180 valence electrons. The summed E-state index contributed by atoms with van der Waals surface area (Å²) >= 11 is 0. The summed E-state index contributed by atoms with van der Waals surface area (Å²) in [5.41, 5.74) is 0. The first-order chi connectivity index (χ1) is 14.4. The fourth-order valence-electron chi connectivity index (χ4n) is 4.29. The third kappa shape index (κ3) is 27.7. The zero-order chi connectivity index (χ0) is 22.3. The summed E-state index contributed by atoms with van der Waals surface area (Å²) in [4.78, 5) is 10.4. The minimum Gasteiger partial charge on any atom is -0.481 e. The second kappa shape index (κ2) is 21.9. The standard InChI is InChI=1S/C27H56O2Si/c1-30(2,3)26-24-22-20-18-16-14-12-10-8-6-4-5-7-9-11-13-15-17-19-21-23-25-27(28)29/h4-26H2,1-3H3,(H,28,29).